The lowest BCUT2D eigenvalue weighted by Gasteiger charge is -2.46. The van der Waals surface area contributed by atoms with E-state index in [2.05, 4.69) is 0 Å². The predicted octanol–water partition coefficient (Wildman–Crippen LogP) is -3.72. The van der Waals surface area contributed by atoms with Crippen LogP contribution in [0.15, 0.2) is 0 Å². The van der Waals surface area contributed by atoms with Gasteiger partial charge in [0.05, 0.1) is 19.8 Å². The first kappa shape index (κ1) is 22.8. The van der Waals surface area contributed by atoms with Gasteiger partial charge in [-0.25, -0.2) is 0 Å². The fraction of sp³-hybridized carbons (Fsp3) is 1.00. The third-order valence-corrected chi connectivity index (χ3v) is 4.55. The molecular formula is C16H30O11. The van der Waals surface area contributed by atoms with Gasteiger partial charge in [0, 0.05) is 0 Å². The van der Waals surface area contributed by atoms with Crippen LogP contribution < -0.4 is 0 Å². The van der Waals surface area contributed by atoms with Crippen molar-refractivity contribution in [2.24, 2.45) is 5.92 Å². The van der Waals surface area contributed by atoms with Crippen LogP contribution in [-0.2, 0) is 18.9 Å². The van der Waals surface area contributed by atoms with Crippen molar-refractivity contribution in [1.82, 2.24) is 0 Å². The first-order valence-corrected chi connectivity index (χ1v) is 8.91. The second-order valence-electron chi connectivity index (χ2n) is 7.23. The van der Waals surface area contributed by atoms with Gasteiger partial charge in [0.15, 0.2) is 12.6 Å². The smallest absolute Gasteiger partial charge is 0.187 e. The van der Waals surface area contributed by atoms with Gasteiger partial charge in [0.1, 0.15) is 48.8 Å². The number of hydrogen-bond acceptors (Lipinski definition) is 11. The number of aliphatic hydroxyl groups is 7. The Hall–Kier alpha value is -0.440. The highest BCUT2D eigenvalue weighted by Crippen LogP contribution is 2.29. The van der Waals surface area contributed by atoms with E-state index in [9.17, 15) is 35.7 Å². The van der Waals surface area contributed by atoms with Gasteiger partial charge >= 0.3 is 0 Å². The molecule has 7 N–H and O–H groups in total. The minimum Gasteiger partial charge on any atom is -0.394 e. The molecule has 2 saturated heterocycles. The van der Waals surface area contributed by atoms with Crippen LogP contribution in [0, 0.1) is 5.92 Å². The average Bonchev–Trinajstić information content (AvgIpc) is 2.64. The summed E-state index contributed by atoms with van der Waals surface area (Å²) in [6.45, 7) is 2.80. The summed E-state index contributed by atoms with van der Waals surface area (Å²) in [6.07, 6.45) is -14.4. The van der Waals surface area contributed by atoms with Crippen LogP contribution in [0.2, 0.25) is 0 Å². The monoisotopic (exact) mass is 398 g/mol. The summed E-state index contributed by atoms with van der Waals surface area (Å²) in [5.74, 6) is 0.147. The summed E-state index contributed by atoms with van der Waals surface area (Å²) >= 11 is 0. The highest BCUT2D eigenvalue weighted by Gasteiger charge is 2.50. The molecule has 2 fully saturated rings. The van der Waals surface area contributed by atoms with Crippen molar-refractivity contribution >= 4 is 0 Å². The molecule has 0 aromatic heterocycles. The van der Waals surface area contributed by atoms with Crippen LogP contribution >= 0.6 is 0 Å². The molecule has 2 heterocycles. The van der Waals surface area contributed by atoms with Gasteiger partial charge in [0.25, 0.3) is 0 Å². The lowest BCUT2D eigenvalue weighted by molar-refractivity contribution is -0.359. The number of ether oxygens (including phenoxy) is 4. The van der Waals surface area contributed by atoms with Crippen LogP contribution in [0.5, 0.6) is 0 Å². The lowest BCUT2D eigenvalue weighted by Crippen LogP contribution is -2.64. The van der Waals surface area contributed by atoms with Crippen LogP contribution in [0.4, 0.5) is 0 Å². The molecule has 0 radical (unpaired) electrons. The van der Waals surface area contributed by atoms with Crippen molar-refractivity contribution in [2.75, 3.05) is 19.8 Å². The first-order valence-electron chi connectivity index (χ1n) is 8.91. The van der Waals surface area contributed by atoms with Crippen LogP contribution in [0.1, 0.15) is 13.8 Å². The van der Waals surface area contributed by atoms with E-state index >= 15 is 0 Å². The van der Waals surface area contributed by atoms with E-state index in [1.165, 1.54) is 0 Å². The molecule has 2 aliphatic rings. The zero-order valence-electron chi connectivity index (χ0n) is 15.2. The van der Waals surface area contributed by atoms with Crippen LogP contribution in [0.3, 0.4) is 0 Å². The van der Waals surface area contributed by atoms with Crippen molar-refractivity contribution in [3.8, 4) is 0 Å². The summed E-state index contributed by atoms with van der Waals surface area (Å²) < 4.78 is 21.5. The minimum absolute atomic E-state index is 0.147. The Morgan fingerprint density at radius 3 is 1.85 bits per heavy atom. The molecule has 2 aliphatic heterocycles. The van der Waals surface area contributed by atoms with Gasteiger partial charge < -0.3 is 54.7 Å². The van der Waals surface area contributed by atoms with E-state index in [1.807, 2.05) is 13.8 Å². The fourth-order valence-corrected chi connectivity index (χ4v) is 2.98. The van der Waals surface area contributed by atoms with E-state index < -0.39 is 74.6 Å². The fourth-order valence-electron chi connectivity index (χ4n) is 2.98. The Balaban J connectivity index is 2.08. The molecule has 160 valence electrons. The van der Waals surface area contributed by atoms with Crippen LogP contribution in [-0.4, -0.2) is 117 Å². The molecule has 27 heavy (non-hydrogen) atoms. The van der Waals surface area contributed by atoms with Gasteiger partial charge in [0.2, 0.25) is 0 Å². The zero-order valence-corrected chi connectivity index (χ0v) is 15.2. The molecule has 11 heteroatoms. The normalized spacial score (nSPS) is 46.0. The maximum Gasteiger partial charge on any atom is 0.187 e. The first-order chi connectivity index (χ1) is 12.7. The average molecular weight is 398 g/mol. The summed E-state index contributed by atoms with van der Waals surface area (Å²) in [7, 11) is 0. The number of rotatable bonds is 7. The second-order valence-corrected chi connectivity index (χ2v) is 7.23. The third-order valence-electron chi connectivity index (χ3n) is 4.55. The summed E-state index contributed by atoms with van der Waals surface area (Å²) in [4.78, 5) is 0. The van der Waals surface area contributed by atoms with E-state index in [1.54, 1.807) is 0 Å². The van der Waals surface area contributed by atoms with Crippen molar-refractivity contribution in [3.05, 3.63) is 0 Å². The highest BCUT2D eigenvalue weighted by atomic mass is 16.7. The van der Waals surface area contributed by atoms with Crippen molar-refractivity contribution in [2.45, 2.75) is 75.3 Å². The topological polar surface area (TPSA) is 179 Å². The van der Waals surface area contributed by atoms with Crippen molar-refractivity contribution < 1.29 is 54.7 Å². The summed E-state index contributed by atoms with van der Waals surface area (Å²) in [6, 6.07) is 0. The van der Waals surface area contributed by atoms with Gasteiger partial charge in [-0.05, 0) is 5.92 Å². The maximum atomic E-state index is 10.4. The number of aliphatic hydroxyl groups excluding tert-OH is 7. The largest absolute Gasteiger partial charge is 0.394 e. The molecular weight excluding hydrogens is 368 g/mol. The lowest BCUT2D eigenvalue weighted by atomic mass is 9.97. The molecule has 10 atom stereocenters. The summed E-state index contributed by atoms with van der Waals surface area (Å²) in [5, 5.41) is 69.1. The van der Waals surface area contributed by atoms with E-state index in [-0.39, 0.29) is 12.5 Å². The molecule has 0 aliphatic carbocycles. The standard InChI is InChI=1S/C16H30O11/c1-6(2)5-24-15-13(23)11(21)14(8(4-18)26-15)27-16-12(22)10(20)9(19)7(3-17)25-16/h6-23H,3-5H2,1-2H3/t7-,8-,9-,10+,11-,12-,13-,14-,15-,16+/m1/s1. The van der Waals surface area contributed by atoms with Gasteiger partial charge in [-0.15, -0.1) is 0 Å². The minimum atomic E-state index is -1.69. The predicted molar refractivity (Wildman–Crippen MR) is 87.2 cm³/mol. The molecule has 0 aromatic carbocycles. The summed E-state index contributed by atoms with van der Waals surface area (Å²) in [5.41, 5.74) is 0. The Kier molecular flexibility index (Phi) is 8.34. The Labute approximate surface area is 156 Å². The molecule has 0 bridgehead atoms. The molecule has 0 spiro atoms. The molecule has 0 unspecified atom stereocenters. The maximum absolute atomic E-state index is 10.4. The third kappa shape index (κ3) is 5.14. The highest BCUT2D eigenvalue weighted by molar-refractivity contribution is 4.94. The van der Waals surface area contributed by atoms with Gasteiger partial charge in [-0.1, -0.05) is 13.8 Å². The zero-order chi connectivity index (χ0) is 20.3. The van der Waals surface area contributed by atoms with Gasteiger partial charge in [-0.2, -0.15) is 0 Å². The van der Waals surface area contributed by atoms with E-state index in [0.717, 1.165) is 0 Å². The number of hydrogen-bond donors (Lipinski definition) is 7. The Morgan fingerprint density at radius 2 is 1.30 bits per heavy atom. The molecule has 11 nitrogen and oxygen atoms in total. The van der Waals surface area contributed by atoms with E-state index in [4.69, 9.17) is 18.9 Å². The van der Waals surface area contributed by atoms with Crippen molar-refractivity contribution in [1.29, 1.82) is 0 Å². The molecule has 0 amide bonds. The second kappa shape index (κ2) is 9.85. The Bertz CT molecular complexity index is 446. The van der Waals surface area contributed by atoms with E-state index in [0.29, 0.717) is 0 Å². The SMILES string of the molecule is CC(C)CO[C@@H]1O[C@H](CO)[C@@H](O[C@@H]2O[C@H](CO)[C@@H](O)[C@H](O)[C@H]2O)[C@H](O)[C@H]1O. The molecule has 0 saturated carbocycles. The quantitative estimate of drug-likeness (QED) is 0.224. The van der Waals surface area contributed by atoms with Crippen LogP contribution in [0.25, 0.3) is 0 Å². The Morgan fingerprint density at radius 1 is 0.741 bits per heavy atom. The van der Waals surface area contributed by atoms with Crippen molar-refractivity contribution in [3.63, 3.8) is 0 Å². The van der Waals surface area contributed by atoms with Gasteiger partial charge in [-0.3, -0.25) is 0 Å². The molecule has 2 rings (SSSR count). The molecule has 0 aromatic rings.